The first-order valence-corrected chi connectivity index (χ1v) is 7.15. The van der Waals surface area contributed by atoms with Gasteiger partial charge in [0, 0.05) is 5.69 Å². The lowest BCUT2D eigenvalue weighted by Crippen LogP contribution is -2.27. The smallest absolute Gasteiger partial charge is 0.325 e. The van der Waals surface area contributed by atoms with Crippen LogP contribution in [0, 0.1) is 3.95 Å². The third-order valence-corrected chi connectivity index (χ3v) is 3.58. The highest BCUT2D eigenvalue weighted by atomic mass is 32.1. The van der Waals surface area contributed by atoms with Crippen molar-refractivity contribution in [1.82, 2.24) is 10.2 Å². The van der Waals surface area contributed by atoms with E-state index in [1.54, 1.807) is 24.3 Å². The lowest BCUT2D eigenvalue weighted by Gasteiger charge is -2.14. The van der Waals surface area contributed by atoms with E-state index in [4.69, 9.17) is 17.3 Å². The summed E-state index contributed by atoms with van der Waals surface area (Å²) < 4.78 is 0.455. The number of carboxylic acids is 1. The average molecular weight is 324 g/mol. The van der Waals surface area contributed by atoms with Gasteiger partial charge in [0.25, 0.3) is 5.91 Å². The number of aliphatic carboxylic acids is 1. The maximum absolute atomic E-state index is 12.2. The molecule has 0 saturated carbocycles. The number of rotatable bonds is 5. The molecule has 9 heteroatoms. The normalized spacial score (nSPS) is 11.7. The number of para-hydroxylation sites is 1. The second kappa shape index (κ2) is 6.46. The van der Waals surface area contributed by atoms with E-state index in [-0.39, 0.29) is 0 Å². The molecule has 0 aliphatic rings. The first-order chi connectivity index (χ1) is 9.97. The minimum Gasteiger partial charge on any atom is -0.480 e. The second-order valence-electron chi connectivity index (χ2n) is 4.12. The van der Waals surface area contributed by atoms with Gasteiger partial charge in [0.05, 0.1) is 5.56 Å². The molecular weight excluding hydrogens is 312 g/mol. The first-order valence-electron chi connectivity index (χ1n) is 5.92. The molecule has 1 amide bonds. The van der Waals surface area contributed by atoms with Crippen LogP contribution in [0.5, 0.6) is 0 Å². The minimum atomic E-state index is -1.00. The Kier molecular flexibility index (Phi) is 4.66. The zero-order valence-electron chi connectivity index (χ0n) is 10.9. The van der Waals surface area contributed by atoms with Gasteiger partial charge in [-0.3, -0.25) is 20.0 Å². The summed E-state index contributed by atoms with van der Waals surface area (Å²) in [6.07, 6.45) is 0. The van der Waals surface area contributed by atoms with Crippen molar-refractivity contribution in [1.29, 1.82) is 0 Å². The molecule has 2 rings (SSSR count). The van der Waals surface area contributed by atoms with Crippen LogP contribution in [0.25, 0.3) is 0 Å². The molecule has 110 valence electrons. The number of H-pyrrole nitrogens is 1. The number of amides is 1. The van der Waals surface area contributed by atoms with Crippen LogP contribution in [-0.2, 0) is 4.79 Å². The van der Waals surface area contributed by atoms with Gasteiger partial charge in [-0.2, -0.15) is 0 Å². The molecule has 7 nitrogen and oxygen atoms in total. The number of aromatic nitrogens is 2. The number of hydrogen-bond donors (Lipinski definition) is 4. The lowest BCUT2D eigenvalue weighted by atomic mass is 10.1. The highest BCUT2D eigenvalue weighted by Gasteiger charge is 2.16. The summed E-state index contributed by atoms with van der Waals surface area (Å²) in [5.74, 6) is -1.40. The SMILES string of the molecule is CC(Nc1ccccc1C(=O)Nc1n[nH]c(=S)s1)C(=O)O. The number of benzene rings is 1. The predicted octanol–water partition coefficient (Wildman–Crippen LogP) is 2.34. The summed E-state index contributed by atoms with van der Waals surface area (Å²) in [5, 5.41) is 21.1. The number of carbonyl (C=O) groups excluding carboxylic acids is 1. The van der Waals surface area contributed by atoms with Crippen LogP contribution in [0.1, 0.15) is 17.3 Å². The molecule has 1 heterocycles. The van der Waals surface area contributed by atoms with Crippen LogP contribution in [0.4, 0.5) is 10.8 Å². The molecule has 0 aliphatic heterocycles. The maximum Gasteiger partial charge on any atom is 0.325 e. The Morgan fingerprint density at radius 2 is 2.14 bits per heavy atom. The summed E-state index contributed by atoms with van der Waals surface area (Å²) in [4.78, 5) is 23.1. The number of anilines is 2. The summed E-state index contributed by atoms with van der Waals surface area (Å²) >= 11 is 6.02. The summed E-state index contributed by atoms with van der Waals surface area (Å²) in [5.41, 5.74) is 0.760. The van der Waals surface area contributed by atoms with Gasteiger partial charge >= 0.3 is 5.97 Å². The van der Waals surface area contributed by atoms with E-state index >= 15 is 0 Å². The highest BCUT2D eigenvalue weighted by molar-refractivity contribution is 7.73. The summed E-state index contributed by atoms with van der Waals surface area (Å²) in [6, 6.07) is 5.83. The summed E-state index contributed by atoms with van der Waals surface area (Å²) in [6.45, 7) is 1.50. The van der Waals surface area contributed by atoms with E-state index in [0.29, 0.717) is 20.3 Å². The summed E-state index contributed by atoms with van der Waals surface area (Å²) in [7, 11) is 0. The predicted molar refractivity (Wildman–Crippen MR) is 82.4 cm³/mol. The van der Waals surface area contributed by atoms with Gasteiger partial charge in [-0.15, -0.1) is 5.10 Å². The molecular formula is C12H12N4O3S2. The van der Waals surface area contributed by atoms with Gasteiger partial charge in [0.1, 0.15) is 6.04 Å². The van der Waals surface area contributed by atoms with Gasteiger partial charge in [0.2, 0.25) is 5.13 Å². The molecule has 1 aromatic carbocycles. The zero-order valence-corrected chi connectivity index (χ0v) is 12.5. The fourth-order valence-corrected chi connectivity index (χ4v) is 2.33. The van der Waals surface area contributed by atoms with E-state index < -0.39 is 17.9 Å². The molecule has 0 spiro atoms. The zero-order chi connectivity index (χ0) is 15.4. The highest BCUT2D eigenvalue weighted by Crippen LogP contribution is 2.19. The Morgan fingerprint density at radius 3 is 2.76 bits per heavy atom. The quantitative estimate of drug-likeness (QED) is 0.629. The standard InChI is InChI=1S/C12H12N4O3S2/c1-6(10(18)19)13-8-5-3-2-4-7(8)9(17)14-11-15-16-12(20)21-11/h2-6,13H,1H3,(H,16,20)(H,18,19)(H,14,15,17). The van der Waals surface area contributed by atoms with Crippen LogP contribution in [0.2, 0.25) is 0 Å². The monoisotopic (exact) mass is 324 g/mol. The Balaban J connectivity index is 2.20. The van der Waals surface area contributed by atoms with Crippen molar-refractivity contribution in [3.8, 4) is 0 Å². The van der Waals surface area contributed by atoms with E-state index in [1.165, 1.54) is 6.92 Å². The molecule has 4 N–H and O–H groups in total. The van der Waals surface area contributed by atoms with Crippen molar-refractivity contribution < 1.29 is 14.7 Å². The molecule has 0 aliphatic carbocycles. The van der Waals surface area contributed by atoms with Gasteiger partial charge < -0.3 is 10.4 Å². The fourth-order valence-electron chi connectivity index (χ4n) is 1.55. The molecule has 1 unspecified atom stereocenters. The van der Waals surface area contributed by atoms with E-state index in [0.717, 1.165) is 11.3 Å². The number of carboxylic acid groups (broad SMARTS) is 1. The van der Waals surface area contributed by atoms with Gasteiger partial charge in [-0.05, 0) is 31.3 Å². The van der Waals surface area contributed by atoms with Crippen molar-refractivity contribution >= 4 is 46.3 Å². The number of nitrogens with zero attached hydrogens (tertiary/aromatic N) is 1. The Bertz CT molecular complexity index is 725. The number of aromatic amines is 1. The third kappa shape index (κ3) is 3.86. The van der Waals surface area contributed by atoms with Crippen LogP contribution in [0.15, 0.2) is 24.3 Å². The molecule has 1 aromatic heterocycles. The maximum atomic E-state index is 12.2. The minimum absolute atomic E-state index is 0.326. The Morgan fingerprint density at radius 1 is 1.43 bits per heavy atom. The van der Waals surface area contributed by atoms with Crippen molar-refractivity contribution in [2.75, 3.05) is 10.6 Å². The first kappa shape index (κ1) is 15.1. The molecule has 0 bridgehead atoms. The molecule has 2 aromatic rings. The third-order valence-electron chi connectivity index (χ3n) is 2.57. The molecule has 0 fully saturated rings. The molecule has 21 heavy (non-hydrogen) atoms. The van der Waals surface area contributed by atoms with Crippen LogP contribution < -0.4 is 10.6 Å². The number of carbonyl (C=O) groups is 2. The van der Waals surface area contributed by atoms with E-state index in [2.05, 4.69) is 20.8 Å². The molecule has 0 radical (unpaired) electrons. The molecule has 1 atom stereocenters. The van der Waals surface area contributed by atoms with E-state index in [1.807, 2.05) is 0 Å². The van der Waals surface area contributed by atoms with Crippen LogP contribution >= 0.6 is 23.6 Å². The Hall–Kier alpha value is -2.26. The fraction of sp³-hybridized carbons (Fsp3) is 0.167. The number of hydrogen-bond acceptors (Lipinski definition) is 6. The number of nitrogens with one attached hydrogen (secondary N) is 3. The largest absolute Gasteiger partial charge is 0.480 e. The van der Waals surface area contributed by atoms with Gasteiger partial charge in [-0.1, -0.05) is 23.5 Å². The van der Waals surface area contributed by atoms with Crippen molar-refractivity contribution in [2.45, 2.75) is 13.0 Å². The van der Waals surface area contributed by atoms with E-state index in [9.17, 15) is 9.59 Å². The average Bonchev–Trinajstić information content (AvgIpc) is 2.84. The van der Waals surface area contributed by atoms with Gasteiger partial charge in [0.15, 0.2) is 3.95 Å². The van der Waals surface area contributed by atoms with Crippen LogP contribution in [0.3, 0.4) is 0 Å². The Labute approximate surface area is 129 Å². The molecule has 0 saturated heterocycles. The van der Waals surface area contributed by atoms with Crippen molar-refractivity contribution in [3.63, 3.8) is 0 Å². The van der Waals surface area contributed by atoms with Gasteiger partial charge in [-0.25, -0.2) is 0 Å². The lowest BCUT2D eigenvalue weighted by molar-refractivity contribution is -0.137. The van der Waals surface area contributed by atoms with Crippen molar-refractivity contribution in [2.24, 2.45) is 0 Å². The van der Waals surface area contributed by atoms with Crippen molar-refractivity contribution in [3.05, 3.63) is 33.8 Å². The second-order valence-corrected chi connectivity index (χ2v) is 5.79. The van der Waals surface area contributed by atoms with Crippen LogP contribution in [-0.4, -0.2) is 33.2 Å². The topological polar surface area (TPSA) is 107 Å².